The number of rotatable bonds is 10. The molecule has 0 radical (unpaired) electrons. The molecule has 1 N–H and O–H groups in total. The summed E-state index contributed by atoms with van der Waals surface area (Å²) >= 11 is 0. The molecular weight excluding hydrogens is 388 g/mol. The zero-order valence-corrected chi connectivity index (χ0v) is 18.3. The van der Waals surface area contributed by atoms with Crippen LogP contribution in [0.25, 0.3) is 0 Å². The first kappa shape index (κ1) is 22.9. The molecule has 0 aliphatic heterocycles. The maximum absolute atomic E-state index is 12.9. The highest BCUT2D eigenvalue weighted by Crippen LogP contribution is 2.21. The van der Waals surface area contributed by atoms with Gasteiger partial charge in [0, 0.05) is 25.2 Å². The fraction of sp³-hybridized carbons (Fsp3) is 0.409. The maximum Gasteiger partial charge on any atom is 0.251 e. The number of carbonyl (C=O) groups is 1. The quantitative estimate of drug-likeness (QED) is 0.639. The Kier molecular flexibility index (Phi) is 8.22. The molecular formula is C22H30N2O4S. The van der Waals surface area contributed by atoms with Crippen LogP contribution >= 0.6 is 0 Å². The zero-order chi connectivity index (χ0) is 21.4. The van der Waals surface area contributed by atoms with Crippen molar-refractivity contribution in [2.45, 2.75) is 38.6 Å². The lowest BCUT2D eigenvalue weighted by Gasteiger charge is -2.21. The highest BCUT2D eigenvalue weighted by Gasteiger charge is 2.23. The summed E-state index contributed by atoms with van der Waals surface area (Å²) in [7, 11) is -2.08. The summed E-state index contributed by atoms with van der Waals surface area (Å²) in [6.45, 7) is 7.24. The van der Waals surface area contributed by atoms with Crippen LogP contribution in [0.2, 0.25) is 0 Å². The predicted molar refractivity (Wildman–Crippen MR) is 114 cm³/mol. The molecule has 0 fully saturated rings. The van der Waals surface area contributed by atoms with Gasteiger partial charge in [-0.15, -0.1) is 0 Å². The van der Waals surface area contributed by atoms with Gasteiger partial charge in [0.05, 0.1) is 12.0 Å². The van der Waals surface area contributed by atoms with Crippen LogP contribution in [0.15, 0.2) is 53.4 Å². The average Bonchev–Trinajstić information content (AvgIpc) is 2.72. The fourth-order valence-electron chi connectivity index (χ4n) is 2.81. The molecule has 0 aromatic heterocycles. The van der Waals surface area contributed by atoms with E-state index in [1.165, 1.54) is 11.4 Å². The number of ether oxygens (including phenoxy) is 1. The largest absolute Gasteiger partial charge is 0.497 e. The molecule has 6 nitrogen and oxygen atoms in total. The first-order valence-corrected chi connectivity index (χ1v) is 11.2. The Labute approximate surface area is 173 Å². The van der Waals surface area contributed by atoms with Crippen molar-refractivity contribution in [1.82, 2.24) is 9.62 Å². The summed E-state index contributed by atoms with van der Waals surface area (Å²) in [5, 5.41) is 2.90. The summed E-state index contributed by atoms with van der Waals surface area (Å²) in [6, 6.07) is 13.4. The number of sulfonamides is 1. The highest BCUT2D eigenvalue weighted by atomic mass is 32.2. The Morgan fingerprint density at radius 1 is 1.07 bits per heavy atom. The summed E-state index contributed by atoms with van der Waals surface area (Å²) in [5.74, 6) is 1.02. The van der Waals surface area contributed by atoms with E-state index in [-0.39, 0.29) is 17.3 Å². The van der Waals surface area contributed by atoms with Crippen molar-refractivity contribution in [3.05, 3.63) is 59.7 Å². The second-order valence-electron chi connectivity index (χ2n) is 7.24. The molecule has 0 atom stereocenters. The molecule has 7 heteroatoms. The third-order valence-corrected chi connectivity index (χ3v) is 6.57. The van der Waals surface area contributed by atoms with E-state index in [4.69, 9.17) is 4.74 Å². The Hall–Kier alpha value is -2.38. The van der Waals surface area contributed by atoms with Gasteiger partial charge in [-0.1, -0.05) is 32.9 Å². The number of carbonyl (C=O) groups excluding carboxylic acids is 1. The fourth-order valence-corrected chi connectivity index (χ4v) is 4.24. The number of nitrogens with one attached hydrogen (secondary N) is 1. The molecule has 0 spiro atoms. The second-order valence-corrected chi connectivity index (χ2v) is 9.18. The van der Waals surface area contributed by atoms with E-state index in [1.807, 2.05) is 0 Å². The summed E-state index contributed by atoms with van der Waals surface area (Å²) in [5.41, 5.74) is 1.39. The third kappa shape index (κ3) is 6.30. The lowest BCUT2D eigenvalue weighted by molar-refractivity contribution is 0.0952. The van der Waals surface area contributed by atoms with Gasteiger partial charge in [0.1, 0.15) is 5.75 Å². The summed E-state index contributed by atoms with van der Waals surface area (Å²) in [4.78, 5) is 12.4. The van der Waals surface area contributed by atoms with Crippen LogP contribution in [0.5, 0.6) is 5.75 Å². The number of hydrogen-bond donors (Lipinski definition) is 1. The van der Waals surface area contributed by atoms with E-state index in [9.17, 15) is 13.2 Å². The molecule has 2 aromatic carbocycles. The number of amides is 1. The molecule has 2 rings (SSSR count). The second kappa shape index (κ2) is 10.4. The van der Waals surface area contributed by atoms with Gasteiger partial charge < -0.3 is 10.1 Å². The molecule has 0 unspecified atom stereocenters. The zero-order valence-electron chi connectivity index (χ0n) is 17.5. The van der Waals surface area contributed by atoms with Crippen molar-refractivity contribution < 1.29 is 17.9 Å². The number of benzene rings is 2. The minimum atomic E-state index is -3.62. The van der Waals surface area contributed by atoms with Crippen LogP contribution in [0.3, 0.4) is 0 Å². The van der Waals surface area contributed by atoms with Gasteiger partial charge in [0.15, 0.2) is 0 Å². The standard InChI is InChI=1S/C22H30N2O4S/c1-5-24(29(26,27)21-12-10-20(28-4)11-13-21)16-18-6-8-19(9-7-18)22(25)23-15-14-17(2)3/h6-13,17H,5,14-16H2,1-4H3,(H,23,25). The van der Waals surface area contributed by atoms with E-state index in [0.29, 0.717) is 30.3 Å². The van der Waals surface area contributed by atoms with Crippen LogP contribution in [0.1, 0.15) is 43.1 Å². The monoisotopic (exact) mass is 418 g/mol. The van der Waals surface area contributed by atoms with Crippen molar-refractivity contribution in [3.8, 4) is 5.75 Å². The van der Waals surface area contributed by atoms with Crippen LogP contribution in [-0.4, -0.2) is 38.8 Å². The molecule has 0 aliphatic carbocycles. The average molecular weight is 419 g/mol. The van der Waals surface area contributed by atoms with E-state index in [0.717, 1.165) is 12.0 Å². The van der Waals surface area contributed by atoms with E-state index >= 15 is 0 Å². The van der Waals surface area contributed by atoms with Crippen molar-refractivity contribution >= 4 is 15.9 Å². The van der Waals surface area contributed by atoms with Crippen molar-refractivity contribution in [1.29, 1.82) is 0 Å². The Morgan fingerprint density at radius 3 is 2.21 bits per heavy atom. The smallest absolute Gasteiger partial charge is 0.251 e. The van der Waals surface area contributed by atoms with Gasteiger partial charge in [-0.3, -0.25) is 4.79 Å². The molecule has 2 aromatic rings. The third-order valence-electron chi connectivity index (χ3n) is 4.63. The molecule has 0 saturated carbocycles. The number of methoxy groups -OCH3 is 1. The van der Waals surface area contributed by atoms with Crippen LogP contribution in [-0.2, 0) is 16.6 Å². The molecule has 0 bridgehead atoms. The van der Waals surface area contributed by atoms with E-state index in [1.54, 1.807) is 55.5 Å². The number of nitrogens with zero attached hydrogens (tertiary/aromatic N) is 1. The van der Waals surface area contributed by atoms with Crippen molar-refractivity contribution in [2.75, 3.05) is 20.2 Å². The predicted octanol–water partition coefficient (Wildman–Crippen LogP) is 3.68. The molecule has 158 valence electrons. The normalized spacial score (nSPS) is 11.7. The first-order valence-electron chi connectivity index (χ1n) is 9.79. The Morgan fingerprint density at radius 2 is 1.69 bits per heavy atom. The minimum absolute atomic E-state index is 0.115. The Balaban J connectivity index is 2.07. The molecule has 0 saturated heterocycles. The number of hydrogen-bond acceptors (Lipinski definition) is 4. The van der Waals surface area contributed by atoms with Gasteiger partial charge in [0.25, 0.3) is 5.91 Å². The minimum Gasteiger partial charge on any atom is -0.497 e. The van der Waals surface area contributed by atoms with Gasteiger partial charge in [0.2, 0.25) is 10.0 Å². The van der Waals surface area contributed by atoms with E-state index in [2.05, 4.69) is 19.2 Å². The lowest BCUT2D eigenvalue weighted by Crippen LogP contribution is -2.30. The summed E-state index contributed by atoms with van der Waals surface area (Å²) < 4.78 is 32.4. The maximum atomic E-state index is 12.9. The van der Waals surface area contributed by atoms with E-state index < -0.39 is 10.0 Å². The molecule has 0 aliphatic rings. The van der Waals surface area contributed by atoms with Crippen molar-refractivity contribution in [2.24, 2.45) is 5.92 Å². The van der Waals surface area contributed by atoms with Crippen LogP contribution in [0, 0.1) is 5.92 Å². The lowest BCUT2D eigenvalue weighted by atomic mass is 10.1. The SMILES string of the molecule is CCN(Cc1ccc(C(=O)NCCC(C)C)cc1)S(=O)(=O)c1ccc(OC)cc1. The molecule has 1 amide bonds. The van der Waals surface area contributed by atoms with Crippen LogP contribution in [0.4, 0.5) is 0 Å². The first-order chi connectivity index (χ1) is 13.8. The van der Waals surface area contributed by atoms with Gasteiger partial charge in [-0.05, 0) is 54.3 Å². The van der Waals surface area contributed by atoms with Crippen molar-refractivity contribution in [3.63, 3.8) is 0 Å². The highest BCUT2D eigenvalue weighted by molar-refractivity contribution is 7.89. The van der Waals surface area contributed by atoms with Crippen LogP contribution < -0.4 is 10.1 Å². The Bertz CT molecular complexity index is 891. The molecule has 0 heterocycles. The summed E-state index contributed by atoms with van der Waals surface area (Å²) in [6.07, 6.45) is 0.929. The topological polar surface area (TPSA) is 75.7 Å². The molecule has 29 heavy (non-hydrogen) atoms. The van der Waals surface area contributed by atoms with Gasteiger partial charge >= 0.3 is 0 Å². The van der Waals surface area contributed by atoms with Gasteiger partial charge in [-0.2, -0.15) is 4.31 Å². The van der Waals surface area contributed by atoms with Gasteiger partial charge in [-0.25, -0.2) is 8.42 Å².